The maximum absolute atomic E-state index is 11.9. The van der Waals surface area contributed by atoms with Crippen LogP contribution in [0.15, 0.2) is 0 Å². The molecule has 1 heterocycles. The van der Waals surface area contributed by atoms with Crippen LogP contribution < -0.4 is 5.32 Å². The fourth-order valence-corrected chi connectivity index (χ4v) is 2.20. The minimum absolute atomic E-state index is 0.0139. The van der Waals surface area contributed by atoms with Crippen molar-refractivity contribution >= 4 is 5.97 Å². The van der Waals surface area contributed by atoms with E-state index in [4.69, 9.17) is 4.74 Å². The van der Waals surface area contributed by atoms with Crippen LogP contribution in [0.5, 0.6) is 0 Å². The summed E-state index contributed by atoms with van der Waals surface area (Å²) in [6.07, 6.45) is 2.37. The van der Waals surface area contributed by atoms with E-state index < -0.39 is 0 Å². The molecule has 1 aliphatic carbocycles. The molecular formula is C11H19NO2. The molecule has 2 rings (SSSR count). The molecule has 2 aliphatic rings. The zero-order chi connectivity index (χ0) is 10.4. The summed E-state index contributed by atoms with van der Waals surface area (Å²) in [4.78, 5) is 11.9. The maximum atomic E-state index is 11.9. The summed E-state index contributed by atoms with van der Waals surface area (Å²) in [6.45, 7) is 7.57. The van der Waals surface area contributed by atoms with Crippen LogP contribution in [0.1, 0.15) is 33.6 Å². The second-order valence-corrected chi connectivity index (χ2v) is 5.58. The summed E-state index contributed by atoms with van der Waals surface area (Å²) in [5.41, 5.74) is -0.0852. The van der Waals surface area contributed by atoms with Crippen LogP contribution >= 0.6 is 0 Å². The molecule has 3 nitrogen and oxygen atoms in total. The van der Waals surface area contributed by atoms with Crippen molar-refractivity contribution in [2.45, 2.75) is 39.2 Å². The van der Waals surface area contributed by atoms with E-state index in [0.717, 1.165) is 13.1 Å². The lowest BCUT2D eigenvalue weighted by Gasteiger charge is -2.24. The predicted octanol–water partition coefficient (Wildman–Crippen LogP) is 1.33. The van der Waals surface area contributed by atoms with Crippen molar-refractivity contribution in [1.82, 2.24) is 5.32 Å². The van der Waals surface area contributed by atoms with Crippen molar-refractivity contribution in [3.8, 4) is 0 Å². The minimum atomic E-state index is -0.351. The number of carbonyl (C=O) groups excluding carboxylic acids is 1. The predicted molar refractivity (Wildman–Crippen MR) is 53.9 cm³/mol. The summed E-state index contributed by atoms with van der Waals surface area (Å²) >= 11 is 0. The van der Waals surface area contributed by atoms with Crippen molar-refractivity contribution < 1.29 is 9.53 Å². The average Bonchev–Trinajstić information content (AvgIpc) is 2.58. The third-order valence-corrected chi connectivity index (χ3v) is 3.15. The molecule has 1 aliphatic heterocycles. The molecule has 1 N–H and O–H groups in total. The Hall–Kier alpha value is -0.570. The third kappa shape index (κ3) is 1.78. The largest absolute Gasteiger partial charge is 0.460 e. The molecule has 1 unspecified atom stereocenters. The van der Waals surface area contributed by atoms with Gasteiger partial charge >= 0.3 is 5.97 Å². The van der Waals surface area contributed by atoms with Gasteiger partial charge in [-0.1, -0.05) is 0 Å². The molecule has 0 aromatic heterocycles. The van der Waals surface area contributed by atoms with Gasteiger partial charge in [-0.05, 0) is 39.0 Å². The standard InChI is InChI=1S/C11H19NO2/c1-10(2,3)14-9(13)8-6-12-7-11(8)4-5-11/h8,12H,4-7H2,1-3H3. The van der Waals surface area contributed by atoms with Crippen LogP contribution in [0.4, 0.5) is 0 Å². The Morgan fingerprint density at radius 2 is 2.07 bits per heavy atom. The number of carbonyl (C=O) groups is 1. The Morgan fingerprint density at radius 1 is 1.43 bits per heavy atom. The fraction of sp³-hybridized carbons (Fsp3) is 0.909. The molecule has 0 bridgehead atoms. The first-order valence-corrected chi connectivity index (χ1v) is 5.37. The molecule has 1 spiro atoms. The van der Waals surface area contributed by atoms with Crippen LogP contribution in [0.3, 0.4) is 0 Å². The Labute approximate surface area is 85.2 Å². The highest BCUT2D eigenvalue weighted by atomic mass is 16.6. The zero-order valence-electron chi connectivity index (χ0n) is 9.22. The van der Waals surface area contributed by atoms with Gasteiger partial charge in [0.05, 0.1) is 5.92 Å². The minimum Gasteiger partial charge on any atom is -0.460 e. The monoisotopic (exact) mass is 197 g/mol. The zero-order valence-corrected chi connectivity index (χ0v) is 9.22. The lowest BCUT2D eigenvalue weighted by molar-refractivity contribution is -0.161. The summed E-state index contributed by atoms with van der Waals surface area (Å²) in [5.74, 6) is 0.0849. The van der Waals surface area contributed by atoms with Crippen LogP contribution in [0.2, 0.25) is 0 Å². The molecule has 80 valence electrons. The Morgan fingerprint density at radius 3 is 2.57 bits per heavy atom. The quantitative estimate of drug-likeness (QED) is 0.644. The number of hydrogen-bond donors (Lipinski definition) is 1. The first-order valence-electron chi connectivity index (χ1n) is 5.37. The lowest BCUT2D eigenvalue weighted by atomic mass is 9.93. The van der Waals surface area contributed by atoms with E-state index in [2.05, 4.69) is 5.32 Å². The summed E-state index contributed by atoms with van der Waals surface area (Å²) in [7, 11) is 0. The Kier molecular flexibility index (Phi) is 2.11. The molecule has 1 atom stereocenters. The van der Waals surface area contributed by atoms with Gasteiger partial charge < -0.3 is 10.1 Å². The van der Waals surface area contributed by atoms with Crippen molar-refractivity contribution in [2.75, 3.05) is 13.1 Å². The van der Waals surface area contributed by atoms with Crippen molar-refractivity contribution in [2.24, 2.45) is 11.3 Å². The maximum Gasteiger partial charge on any atom is 0.311 e. The first-order chi connectivity index (χ1) is 6.43. The highest BCUT2D eigenvalue weighted by Gasteiger charge is 2.56. The van der Waals surface area contributed by atoms with E-state index in [1.807, 2.05) is 20.8 Å². The van der Waals surface area contributed by atoms with E-state index in [0.29, 0.717) is 0 Å². The van der Waals surface area contributed by atoms with Crippen LogP contribution in [-0.4, -0.2) is 24.7 Å². The number of nitrogens with one attached hydrogen (secondary N) is 1. The van der Waals surface area contributed by atoms with Crippen LogP contribution in [0.25, 0.3) is 0 Å². The molecule has 0 aromatic rings. The second-order valence-electron chi connectivity index (χ2n) is 5.58. The smallest absolute Gasteiger partial charge is 0.311 e. The summed E-state index contributed by atoms with van der Waals surface area (Å²) < 4.78 is 5.42. The molecular weight excluding hydrogens is 178 g/mol. The topological polar surface area (TPSA) is 38.3 Å². The average molecular weight is 197 g/mol. The van der Waals surface area contributed by atoms with Gasteiger partial charge in [0.15, 0.2) is 0 Å². The Balaban J connectivity index is 1.98. The van der Waals surface area contributed by atoms with E-state index in [9.17, 15) is 4.79 Å². The summed E-state index contributed by atoms with van der Waals surface area (Å²) in [6, 6.07) is 0. The fourth-order valence-electron chi connectivity index (χ4n) is 2.20. The molecule has 14 heavy (non-hydrogen) atoms. The summed E-state index contributed by atoms with van der Waals surface area (Å²) in [5, 5.41) is 3.29. The highest BCUT2D eigenvalue weighted by Crippen LogP contribution is 2.54. The van der Waals surface area contributed by atoms with Crippen LogP contribution in [0, 0.1) is 11.3 Å². The normalized spacial score (nSPS) is 29.2. The van der Waals surface area contributed by atoms with Gasteiger partial charge in [0.1, 0.15) is 5.60 Å². The molecule has 2 fully saturated rings. The lowest BCUT2D eigenvalue weighted by Crippen LogP contribution is -2.32. The van der Waals surface area contributed by atoms with Gasteiger partial charge in [-0.2, -0.15) is 0 Å². The molecule has 1 saturated carbocycles. The third-order valence-electron chi connectivity index (χ3n) is 3.15. The van der Waals surface area contributed by atoms with Gasteiger partial charge in [-0.3, -0.25) is 4.79 Å². The van der Waals surface area contributed by atoms with Crippen molar-refractivity contribution in [3.63, 3.8) is 0 Å². The van der Waals surface area contributed by atoms with E-state index >= 15 is 0 Å². The SMILES string of the molecule is CC(C)(C)OC(=O)C1CNCC12CC2. The molecule has 3 heteroatoms. The second kappa shape index (κ2) is 2.96. The number of hydrogen-bond acceptors (Lipinski definition) is 3. The molecule has 0 aromatic carbocycles. The molecule has 0 radical (unpaired) electrons. The van der Waals surface area contributed by atoms with E-state index in [1.165, 1.54) is 12.8 Å². The van der Waals surface area contributed by atoms with Gasteiger partial charge in [0.2, 0.25) is 0 Å². The molecule has 1 saturated heterocycles. The van der Waals surface area contributed by atoms with Crippen molar-refractivity contribution in [1.29, 1.82) is 0 Å². The van der Waals surface area contributed by atoms with E-state index in [-0.39, 0.29) is 22.9 Å². The Bertz CT molecular complexity index is 251. The molecule has 0 amide bonds. The highest BCUT2D eigenvalue weighted by molar-refractivity contribution is 5.75. The van der Waals surface area contributed by atoms with Crippen LogP contribution in [-0.2, 0) is 9.53 Å². The van der Waals surface area contributed by atoms with Gasteiger partial charge in [-0.25, -0.2) is 0 Å². The van der Waals surface area contributed by atoms with Gasteiger partial charge in [-0.15, -0.1) is 0 Å². The van der Waals surface area contributed by atoms with Crippen molar-refractivity contribution in [3.05, 3.63) is 0 Å². The number of ether oxygens (including phenoxy) is 1. The van der Waals surface area contributed by atoms with Gasteiger partial charge in [0.25, 0.3) is 0 Å². The first kappa shape index (κ1) is 9.97. The van der Waals surface area contributed by atoms with E-state index in [1.54, 1.807) is 0 Å². The number of rotatable bonds is 1. The van der Waals surface area contributed by atoms with Gasteiger partial charge in [0, 0.05) is 13.1 Å². The number of esters is 1.